The number of hydrogen-bond acceptors (Lipinski definition) is 3. The molecule has 0 radical (unpaired) electrons. The summed E-state index contributed by atoms with van der Waals surface area (Å²) in [5.41, 5.74) is 3.82. The zero-order valence-electron chi connectivity index (χ0n) is 14.4. The first-order valence-corrected chi connectivity index (χ1v) is 9.20. The number of rotatable bonds is 1. The first-order chi connectivity index (χ1) is 11.9. The molecule has 1 unspecified atom stereocenters. The largest absolute Gasteiger partial charge is 0.411 e. The molecule has 1 aromatic carbocycles. The van der Waals surface area contributed by atoms with Crippen molar-refractivity contribution in [3.63, 3.8) is 0 Å². The number of allylic oxidation sites excluding steroid dienone is 4. The SMILES string of the molecule is ON=C1CCC=CCCC=CCCC1N1CCc2ccccc2C1. The predicted octanol–water partition coefficient (Wildman–Crippen LogP) is 4.71. The van der Waals surface area contributed by atoms with Crippen LogP contribution in [0.15, 0.2) is 53.7 Å². The van der Waals surface area contributed by atoms with Crippen molar-refractivity contribution < 1.29 is 5.21 Å². The van der Waals surface area contributed by atoms with E-state index in [0.29, 0.717) is 0 Å². The maximum Gasteiger partial charge on any atom is 0.0745 e. The molecule has 0 amide bonds. The highest BCUT2D eigenvalue weighted by molar-refractivity contribution is 5.89. The van der Waals surface area contributed by atoms with Crippen LogP contribution in [-0.4, -0.2) is 28.4 Å². The second-order valence-electron chi connectivity index (χ2n) is 6.73. The third-order valence-corrected chi connectivity index (χ3v) is 5.12. The first kappa shape index (κ1) is 17.0. The molecule has 0 saturated carbocycles. The van der Waals surface area contributed by atoms with Crippen LogP contribution in [0.1, 0.15) is 49.7 Å². The van der Waals surface area contributed by atoms with Crippen LogP contribution in [0, 0.1) is 0 Å². The fourth-order valence-corrected chi connectivity index (χ4v) is 3.78. The monoisotopic (exact) mass is 324 g/mol. The van der Waals surface area contributed by atoms with E-state index in [1.807, 2.05) is 0 Å². The standard InChI is InChI=1S/C21H28N2O/c24-22-20-13-7-5-3-1-2-4-6-8-14-21(20)23-16-15-18-11-9-10-12-19(18)17-23/h3-6,9-12,21,24H,1-2,7-8,13-17H2. The summed E-state index contributed by atoms with van der Waals surface area (Å²) >= 11 is 0. The molecule has 1 aromatic rings. The van der Waals surface area contributed by atoms with Gasteiger partial charge in [0, 0.05) is 13.1 Å². The van der Waals surface area contributed by atoms with Crippen LogP contribution in [0.4, 0.5) is 0 Å². The normalized spacial score (nSPS) is 25.0. The highest BCUT2D eigenvalue weighted by atomic mass is 16.4. The Labute approximate surface area is 145 Å². The van der Waals surface area contributed by atoms with Gasteiger partial charge in [0.15, 0.2) is 0 Å². The summed E-state index contributed by atoms with van der Waals surface area (Å²) < 4.78 is 0. The fourth-order valence-electron chi connectivity index (χ4n) is 3.78. The Morgan fingerprint density at radius 1 is 0.875 bits per heavy atom. The van der Waals surface area contributed by atoms with E-state index in [2.05, 4.69) is 58.6 Å². The van der Waals surface area contributed by atoms with Crippen molar-refractivity contribution in [2.24, 2.45) is 5.16 Å². The molecule has 3 heteroatoms. The Kier molecular flexibility index (Phi) is 6.25. The number of fused-ring (bicyclic) bond motifs is 1. The van der Waals surface area contributed by atoms with Crippen LogP contribution < -0.4 is 0 Å². The smallest absolute Gasteiger partial charge is 0.0745 e. The van der Waals surface area contributed by atoms with Crippen molar-refractivity contribution >= 4 is 5.71 Å². The molecule has 128 valence electrons. The molecular formula is C21H28N2O. The second kappa shape index (κ2) is 8.84. The molecule has 0 saturated heterocycles. The lowest BCUT2D eigenvalue weighted by molar-refractivity contribution is 0.206. The summed E-state index contributed by atoms with van der Waals surface area (Å²) in [4.78, 5) is 2.50. The summed E-state index contributed by atoms with van der Waals surface area (Å²) in [5, 5.41) is 13.3. The number of nitrogens with zero attached hydrogens (tertiary/aromatic N) is 2. The Bertz CT molecular complexity index is 618. The van der Waals surface area contributed by atoms with Crippen LogP contribution in [-0.2, 0) is 13.0 Å². The van der Waals surface area contributed by atoms with Crippen molar-refractivity contribution in [3.8, 4) is 0 Å². The topological polar surface area (TPSA) is 35.8 Å². The van der Waals surface area contributed by atoms with Gasteiger partial charge < -0.3 is 5.21 Å². The Balaban J connectivity index is 1.76. The van der Waals surface area contributed by atoms with Crippen molar-refractivity contribution in [1.82, 2.24) is 4.90 Å². The lowest BCUT2D eigenvalue weighted by Crippen LogP contribution is -2.44. The van der Waals surface area contributed by atoms with Crippen molar-refractivity contribution in [1.29, 1.82) is 0 Å². The van der Waals surface area contributed by atoms with E-state index < -0.39 is 0 Å². The van der Waals surface area contributed by atoms with Crippen molar-refractivity contribution in [2.75, 3.05) is 6.54 Å². The number of oxime groups is 1. The minimum atomic E-state index is 0.237. The lowest BCUT2D eigenvalue weighted by atomic mass is 9.94. The van der Waals surface area contributed by atoms with Gasteiger partial charge >= 0.3 is 0 Å². The summed E-state index contributed by atoms with van der Waals surface area (Å²) in [6, 6.07) is 8.96. The molecule has 0 bridgehead atoms. The molecule has 24 heavy (non-hydrogen) atoms. The van der Waals surface area contributed by atoms with E-state index in [1.54, 1.807) is 0 Å². The molecule has 1 aliphatic carbocycles. The first-order valence-electron chi connectivity index (χ1n) is 9.20. The van der Waals surface area contributed by atoms with E-state index in [4.69, 9.17) is 0 Å². The van der Waals surface area contributed by atoms with Crippen LogP contribution in [0.5, 0.6) is 0 Å². The molecule has 3 rings (SSSR count). The Hall–Kier alpha value is -1.87. The molecule has 3 nitrogen and oxygen atoms in total. The lowest BCUT2D eigenvalue weighted by Gasteiger charge is -2.36. The van der Waals surface area contributed by atoms with Gasteiger partial charge in [0.2, 0.25) is 0 Å². The molecule has 1 N–H and O–H groups in total. The summed E-state index contributed by atoms with van der Waals surface area (Å²) in [6.45, 7) is 2.00. The molecule has 0 spiro atoms. The van der Waals surface area contributed by atoms with E-state index in [-0.39, 0.29) is 6.04 Å². The average molecular weight is 324 g/mol. The van der Waals surface area contributed by atoms with Crippen LogP contribution in [0.2, 0.25) is 0 Å². The molecular weight excluding hydrogens is 296 g/mol. The molecule has 1 heterocycles. The maximum atomic E-state index is 9.61. The van der Waals surface area contributed by atoms with Crippen LogP contribution in [0.3, 0.4) is 0 Å². The van der Waals surface area contributed by atoms with Crippen LogP contribution in [0.25, 0.3) is 0 Å². The summed E-state index contributed by atoms with van der Waals surface area (Å²) in [6.07, 6.45) is 16.2. The minimum absolute atomic E-state index is 0.237. The van der Waals surface area contributed by atoms with E-state index in [9.17, 15) is 5.21 Å². The molecule has 1 atom stereocenters. The second-order valence-corrected chi connectivity index (χ2v) is 6.73. The third-order valence-electron chi connectivity index (χ3n) is 5.12. The van der Waals surface area contributed by atoms with E-state index in [0.717, 1.165) is 63.7 Å². The van der Waals surface area contributed by atoms with Gasteiger partial charge in [-0.25, -0.2) is 0 Å². The third kappa shape index (κ3) is 4.35. The maximum absolute atomic E-state index is 9.61. The van der Waals surface area contributed by atoms with Gasteiger partial charge in [0.25, 0.3) is 0 Å². The highest BCUT2D eigenvalue weighted by Crippen LogP contribution is 2.24. The summed E-state index contributed by atoms with van der Waals surface area (Å²) in [5.74, 6) is 0. The highest BCUT2D eigenvalue weighted by Gasteiger charge is 2.26. The van der Waals surface area contributed by atoms with Gasteiger partial charge in [-0.2, -0.15) is 0 Å². The molecule has 0 aromatic heterocycles. The minimum Gasteiger partial charge on any atom is -0.411 e. The predicted molar refractivity (Wildman–Crippen MR) is 99.5 cm³/mol. The fraction of sp³-hybridized carbons (Fsp3) is 0.476. The molecule has 1 aliphatic heterocycles. The van der Waals surface area contributed by atoms with Gasteiger partial charge in [-0.05, 0) is 56.1 Å². The van der Waals surface area contributed by atoms with Gasteiger partial charge in [0.1, 0.15) is 0 Å². The zero-order chi connectivity index (χ0) is 16.6. The number of hydrogen-bond donors (Lipinski definition) is 1. The quantitative estimate of drug-likeness (QED) is 0.461. The van der Waals surface area contributed by atoms with E-state index >= 15 is 0 Å². The van der Waals surface area contributed by atoms with Crippen LogP contribution >= 0.6 is 0 Å². The zero-order valence-corrected chi connectivity index (χ0v) is 14.4. The number of benzene rings is 1. The van der Waals surface area contributed by atoms with Gasteiger partial charge in [-0.1, -0.05) is 53.7 Å². The van der Waals surface area contributed by atoms with E-state index in [1.165, 1.54) is 11.1 Å². The summed E-state index contributed by atoms with van der Waals surface area (Å²) in [7, 11) is 0. The molecule has 0 fully saturated rings. The van der Waals surface area contributed by atoms with Crippen molar-refractivity contribution in [2.45, 2.75) is 57.5 Å². The Morgan fingerprint density at radius 3 is 2.38 bits per heavy atom. The Morgan fingerprint density at radius 2 is 1.58 bits per heavy atom. The van der Waals surface area contributed by atoms with Gasteiger partial charge in [-0.3, -0.25) is 4.90 Å². The average Bonchev–Trinajstić information content (AvgIpc) is 2.62. The van der Waals surface area contributed by atoms with Crippen molar-refractivity contribution in [3.05, 3.63) is 59.7 Å². The molecule has 2 aliphatic rings. The van der Waals surface area contributed by atoms with Gasteiger partial charge in [0.05, 0.1) is 11.8 Å². The van der Waals surface area contributed by atoms with Gasteiger partial charge in [-0.15, -0.1) is 0 Å².